The van der Waals surface area contributed by atoms with Crippen LogP contribution in [0.4, 0.5) is 0 Å². The van der Waals surface area contributed by atoms with Crippen molar-refractivity contribution in [3.8, 4) is 16.9 Å². The Morgan fingerprint density at radius 1 is 0.848 bits per heavy atom. The molecule has 0 saturated heterocycles. The van der Waals surface area contributed by atoms with Crippen molar-refractivity contribution >= 4 is 5.97 Å². The van der Waals surface area contributed by atoms with E-state index < -0.39 is 0 Å². The molecule has 4 heteroatoms. The van der Waals surface area contributed by atoms with Crippen molar-refractivity contribution in [2.75, 3.05) is 13.2 Å². The van der Waals surface area contributed by atoms with E-state index in [1.54, 1.807) is 12.4 Å². The number of unbranched alkanes of at least 4 members (excludes halogenated alkanes) is 6. The first-order valence-corrected chi connectivity index (χ1v) is 13.0. The number of ether oxygens (including phenoxy) is 2. The maximum absolute atomic E-state index is 12.8. The van der Waals surface area contributed by atoms with E-state index in [0.717, 1.165) is 42.1 Å². The van der Waals surface area contributed by atoms with Crippen molar-refractivity contribution in [1.82, 2.24) is 4.98 Å². The Balaban J connectivity index is 1.92. The van der Waals surface area contributed by atoms with Gasteiger partial charge in [-0.1, -0.05) is 90.3 Å². The summed E-state index contributed by atoms with van der Waals surface area (Å²) in [6.07, 6.45) is 16.3. The molecule has 1 atom stereocenters. The molecule has 0 amide bonds. The summed E-state index contributed by atoms with van der Waals surface area (Å²) in [7, 11) is 0. The molecule has 0 aliphatic rings. The van der Waals surface area contributed by atoms with E-state index in [0.29, 0.717) is 18.8 Å². The molecule has 2 rings (SSSR count). The van der Waals surface area contributed by atoms with Crippen LogP contribution in [0.15, 0.2) is 42.7 Å². The zero-order chi connectivity index (χ0) is 23.7. The van der Waals surface area contributed by atoms with Crippen molar-refractivity contribution in [1.29, 1.82) is 0 Å². The van der Waals surface area contributed by atoms with Gasteiger partial charge in [0.15, 0.2) is 0 Å². The second-order valence-corrected chi connectivity index (χ2v) is 9.06. The number of aromatic nitrogens is 1. The van der Waals surface area contributed by atoms with E-state index in [4.69, 9.17) is 9.47 Å². The normalized spacial score (nSPS) is 11.8. The molecule has 1 aromatic carbocycles. The minimum absolute atomic E-state index is 0.314. The van der Waals surface area contributed by atoms with Crippen molar-refractivity contribution in [3.63, 3.8) is 0 Å². The topological polar surface area (TPSA) is 48.4 Å². The first kappa shape index (κ1) is 26.9. The number of hydrogen-bond donors (Lipinski definition) is 0. The molecule has 4 nitrogen and oxygen atoms in total. The Bertz CT molecular complexity index is 805. The number of para-hydroxylation sites is 1. The van der Waals surface area contributed by atoms with Crippen LogP contribution in [0.3, 0.4) is 0 Å². The molecule has 0 aliphatic carbocycles. The summed E-state index contributed by atoms with van der Waals surface area (Å²) in [6.45, 7) is 7.88. The molecule has 0 radical (unpaired) electrons. The van der Waals surface area contributed by atoms with Crippen LogP contribution in [-0.2, 0) is 4.74 Å². The second kappa shape index (κ2) is 16.3. The van der Waals surface area contributed by atoms with Gasteiger partial charge in [0.25, 0.3) is 0 Å². The van der Waals surface area contributed by atoms with Gasteiger partial charge in [0.1, 0.15) is 5.75 Å². The fourth-order valence-corrected chi connectivity index (χ4v) is 4.15. The Hall–Kier alpha value is -2.36. The third-order valence-electron chi connectivity index (χ3n) is 6.08. The van der Waals surface area contributed by atoms with Gasteiger partial charge in [-0.2, -0.15) is 0 Å². The number of hydrogen-bond acceptors (Lipinski definition) is 4. The number of esters is 1. The van der Waals surface area contributed by atoms with Gasteiger partial charge in [0.05, 0.1) is 18.8 Å². The number of benzene rings is 1. The first-order valence-electron chi connectivity index (χ1n) is 13.0. The summed E-state index contributed by atoms with van der Waals surface area (Å²) in [5, 5.41) is 0. The van der Waals surface area contributed by atoms with Gasteiger partial charge >= 0.3 is 5.97 Å². The molecular formula is C29H43NO3. The summed E-state index contributed by atoms with van der Waals surface area (Å²) >= 11 is 0. The lowest BCUT2D eigenvalue weighted by molar-refractivity contribution is 0.0497. The van der Waals surface area contributed by atoms with Crippen LogP contribution >= 0.6 is 0 Å². The molecule has 0 aliphatic heterocycles. The summed E-state index contributed by atoms with van der Waals surface area (Å²) in [5.74, 6) is 1.23. The van der Waals surface area contributed by atoms with Gasteiger partial charge < -0.3 is 9.47 Å². The van der Waals surface area contributed by atoms with Crippen molar-refractivity contribution in [2.45, 2.75) is 91.4 Å². The molecule has 0 saturated carbocycles. The largest absolute Gasteiger partial charge is 0.493 e. The third kappa shape index (κ3) is 9.98. The number of carbonyl (C=O) groups excluding carboxylic acids is 1. The number of nitrogens with zero attached hydrogens (tertiary/aromatic N) is 1. The molecule has 0 N–H and O–H groups in total. The SMILES string of the molecule is CCCCCCCCOc1ccccc1-c1ccncc1C(=O)OCCCCC(C)CCC. The van der Waals surface area contributed by atoms with Gasteiger partial charge in [-0.15, -0.1) is 0 Å². The first-order chi connectivity index (χ1) is 16.2. The van der Waals surface area contributed by atoms with Crippen LogP contribution in [0.2, 0.25) is 0 Å². The van der Waals surface area contributed by atoms with Crippen molar-refractivity contribution in [2.24, 2.45) is 5.92 Å². The van der Waals surface area contributed by atoms with E-state index in [9.17, 15) is 4.79 Å². The Labute approximate surface area is 201 Å². The number of rotatable bonds is 17. The monoisotopic (exact) mass is 453 g/mol. The maximum Gasteiger partial charge on any atom is 0.340 e. The van der Waals surface area contributed by atoms with Crippen LogP contribution < -0.4 is 4.74 Å². The van der Waals surface area contributed by atoms with E-state index in [1.165, 1.54) is 51.4 Å². The highest BCUT2D eigenvalue weighted by Gasteiger charge is 2.17. The highest BCUT2D eigenvalue weighted by atomic mass is 16.5. The van der Waals surface area contributed by atoms with Crippen molar-refractivity contribution < 1.29 is 14.3 Å². The standard InChI is InChI=1S/C29H43NO3/c1-4-6-7-8-9-13-21-32-28-18-11-10-17-26(28)25-19-20-30-23-27(25)29(31)33-22-14-12-16-24(3)15-5-2/h10-11,17-20,23-24H,4-9,12-16,21-22H2,1-3H3. The zero-order valence-electron chi connectivity index (χ0n) is 21.0. The van der Waals surface area contributed by atoms with Crippen LogP contribution in [0.25, 0.3) is 11.1 Å². The van der Waals surface area contributed by atoms with Gasteiger partial charge in [-0.3, -0.25) is 4.98 Å². The Morgan fingerprint density at radius 3 is 2.42 bits per heavy atom. The number of pyridine rings is 1. The van der Waals surface area contributed by atoms with E-state index in [1.807, 2.05) is 30.3 Å². The molecule has 33 heavy (non-hydrogen) atoms. The Kier molecular flexibility index (Phi) is 13.3. The average Bonchev–Trinajstić information content (AvgIpc) is 2.83. The van der Waals surface area contributed by atoms with E-state index in [2.05, 4.69) is 25.8 Å². The molecule has 0 fully saturated rings. The predicted octanol–water partition coefficient (Wildman–Crippen LogP) is 8.25. The molecule has 2 aromatic rings. The molecule has 1 heterocycles. The molecule has 182 valence electrons. The summed E-state index contributed by atoms with van der Waals surface area (Å²) < 4.78 is 11.7. The maximum atomic E-state index is 12.8. The number of carbonyl (C=O) groups is 1. The quantitative estimate of drug-likeness (QED) is 0.179. The van der Waals surface area contributed by atoms with Crippen LogP contribution in [0, 0.1) is 5.92 Å². The second-order valence-electron chi connectivity index (χ2n) is 9.06. The fourth-order valence-electron chi connectivity index (χ4n) is 4.15. The van der Waals surface area contributed by atoms with Gasteiger partial charge in [0, 0.05) is 23.5 Å². The lowest BCUT2D eigenvalue weighted by Gasteiger charge is -2.14. The van der Waals surface area contributed by atoms with Crippen LogP contribution in [0.5, 0.6) is 5.75 Å². The Morgan fingerprint density at radius 2 is 1.61 bits per heavy atom. The van der Waals surface area contributed by atoms with Gasteiger partial charge in [0.2, 0.25) is 0 Å². The molecule has 0 bridgehead atoms. The van der Waals surface area contributed by atoms with Crippen molar-refractivity contribution in [3.05, 3.63) is 48.3 Å². The predicted molar refractivity (Wildman–Crippen MR) is 137 cm³/mol. The smallest absolute Gasteiger partial charge is 0.340 e. The average molecular weight is 454 g/mol. The zero-order valence-corrected chi connectivity index (χ0v) is 21.0. The fraction of sp³-hybridized carbons (Fsp3) is 0.586. The molecule has 0 spiro atoms. The lowest BCUT2D eigenvalue weighted by Crippen LogP contribution is -2.09. The highest BCUT2D eigenvalue weighted by Crippen LogP contribution is 2.32. The summed E-state index contributed by atoms with van der Waals surface area (Å²) in [6, 6.07) is 9.78. The summed E-state index contributed by atoms with van der Waals surface area (Å²) in [5.41, 5.74) is 2.21. The van der Waals surface area contributed by atoms with Gasteiger partial charge in [-0.25, -0.2) is 4.79 Å². The van der Waals surface area contributed by atoms with E-state index in [-0.39, 0.29) is 5.97 Å². The van der Waals surface area contributed by atoms with Crippen LogP contribution in [-0.4, -0.2) is 24.2 Å². The molecule has 1 aromatic heterocycles. The van der Waals surface area contributed by atoms with E-state index >= 15 is 0 Å². The van der Waals surface area contributed by atoms with Crippen LogP contribution in [0.1, 0.15) is 102 Å². The highest BCUT2D eigenvalue weighted by molar-refractivity contribution is 5.97. The minimum atomic E-state index is -0.314. The molecular weight excluding hydrogens is 410 g/mol. The molecule has 1 unspecified atom stereocenters. The lowest BCUT2D eigenvalue weighted by atomic mass is 9.99. The third-order valence-corrected chi connectivity index (χ3v) is 6.08. The van der Waals surface area contributed by atoms with Gasteiger partial charge in [-0.05, 0) is 37.3 Å². The summed E-state index contributed by atoms with van der Waals surface area (Å²) in [4.78, 5) is 17.0. The minimum Gasteiger partial charge on any atom is -0.493 e.